The molecule has 7 heteroatoms. The number of rotatable bonds is 9. The van der Waals surface area contributed by atoms with Gasteiger partial charge in [0.2, 0.25) is 5.91 Å². The number of carbonyl (C=O) groups is 3. The monoisotopic (exact) mass is 384 g/mol. The van der Waals surface area contributed by atoms with Crippen LogP contribution >= 0.6 is 0 Å². The van der Waals surface area contributed by atoms with E-state index >= 15 is 0 Å². The van der Waals surface area contributed by atoms with Gasteiger partial charge in [0.25, 0.3) is 5.91 Å². The highest BCUT2D eigenvalue weighted by molar-refractivity contribution is 5.95. The van der Waals surface area contributed by atoms with Gasteiger partial charge in [-0.05, 0) is 24.6 Å². The van der Waals surface area contributed by atoms with E-state index < -0.39 is 23.5 Å². The van der Waals surface area contributed by atoms with Crippen LogP contribution in [0, 0.1) is 0 Å². The average Bonchev–Trinajstić information content (AvgIpc) is 2.68. The van der Waals surface area contributed by atoms with E-state index in [1.165, 1.54) is 14.0 Å². The number of benzene rings is 2. The predicted molar refractivity (Wildman–Crippen MR) is 104 cm³/mol. The Morgan fingerprint density at radius 1 is 1.04 bits per heavy atom. The molecule has 0 aromatic heterocycles. The van der Waals surface area contributed by atoms with Crippen molar-refractivity contribution in [2.45, 2.75) is 24.9 Å². The third kappa shape index (κ3) is 5.65. The van der Waals surface area contributed by atoms with Crippen molar-refractivity contribution in [2.75, 3.05) is 13.7 Å². The van der Waals surface area contributed by atoms with Gasteiger partial charge < -0.3 is 20.5 Å². The van der Waals surface area contributed by atoms with E-state index in [0.717, 1.165) is 5.56 Å². The third-order valence-corrected chi connectivity index (χ3v) is 4.25. The Morgan fingerprint density at radius 2 is 1.61 bits per heavy atom. The van der Waals surface area contributed by atoms with Gasteiger partial charge in [0, 0.05) is 12.7 Å². The molecule has 28 heavy (non-hydrogen) atoms. The Kier molecular flexibility index (Phi) is 7.28. The van der Waals surface area contributed by atoms with Crippen LogP contribution < -0.4 is 10.6 Å². The van der Waals surface area contributed by atoms with Crippen LogP contribution in [0.4, 0.5) is 0 Å². The number of amides is 2. The van der Waals surface area contributed by atoms with Gasteiger partial charge in [-0.3, -0.25) is 9.59 Å². The van der Waals surface area contributed by atoms with Gasteiger partial charge in [-0.25, -0.2) is 4.79 Å². The molecule has 0 fully saturated rings. The van der Waals surface area contributed by atoms with Gasteiger partial charge >= 0.3 is 5.97 Å². The molecule has 2 amide bonds. The Bertz CT molecular complexity index is 810. The third-order valence-electron chi connectivity index (χ3n) is 4.25. The van der Waals surface area contributed by atoms with Gasteiger partial charge in [-0.2, -0.15) is 0 Å². The molecule has 2 aromatic carbocycles. The van der Waals surface area contributed by atoms with Crippen molar-refractivity contribution < 1.29 is 24.2 Å². The maximum atomic E-state index is 12.6. The first kappa shape index (κ1) is 21.1. The quantitative estimate of drug-likeness (QED) is 0.614. The van der Waals surface area contributed by atoms with E-state index in [2.05, 4.69) is 10.6 Å². The number of ether oxygens (including phenoxy) is 1. The van der Waals surface area contributed by atoms with Crippen LogP contribution in [-0.2, 0) is 14.3 Å². The van der Waals surface area contributed by atoms with Gasteiger partial charge in [0.15, 0.2) is 5.54 Å². The second-order valence-corrected chi connectivity index (χ2v) is 6.63. The summed E-state index contributed by atoms with van der Waals surface area (Å²) in [5.41, 5.74) is -0.347. The smallest absolute Gasteiger partial charge is 0.331 e. The van der Waals surface area contributed by atoms with Crippen LogP contribution in [0.25, 0.3) is 0 Å². The molecule has 7 nitrogen and oxygen atoms in total. The van der Waals surface area contributed by atoms with Crippen molar-refractivity contribution in [2.24, 2.45) is 0 Å². The number of carboxylic acids is 1. The van der Waals surface area contributed by atoms with E-state index in [-0.39, 0.29) is 18.9 Å². The molecular formula is C21H24N2O5. The lowest BCUT2D eigenvalue weighted by Gasteiger charge is -2.27. The largest absolute Gasteiger partial charge is 0.479 e. The molecule has 0 saturated carbocycles. The SMILES string of the molecule is COCC(C)(NC(=O)CC(NC(=O)c1ccccc1)c1ccccc1)C(=O)O. The molecular weight excluding hydrogens is 360 g/mol. The minimum absolute atomic E-state index is 0.116. The normalized spacial score (nSPS) is 13.8. The molecule has 0 aliphatic carbocycles. The second-order valence-electron chi connectivity index (χ2n) is 6.63. The Hall–Kier alpha value is -3.19. The van der Waals surface area contributed by atoms with Crippen molar-refractivity contribution in [1.29, 1.82) is 0 Å². The lowest BCUT2D eigenvalue weighted by molar-refractivity contribution is -0.149. The molecule has 0 spiro atoms. The first-order valence-electron chi connectivity index (χ1n) is 8.80. The number of hydrogen-bond acceptors (Lipinski definition) is 4. The maximum Gasteiger partial charge on any atom is 0.331 e. The zero-order chi connectivity index (χ0) is 20.6. The standard InChI is InChI=1S/C21H24N2O5/c1-21(14-28-2,20(26)27)23-18(24)13-17(15-9-5-3-6-10-15)22-19(25)16-11-7-4-8-12-16/h3-12,17H,13-14H2,1-2H3,(H,22,25)(H,23,24)(H,26,27). The lowest BCUT2D eigenvalue weighted by atomic mass is 10.00. The van der Waals surface area contributed by atoms with Crippen LogP contribution in [0.1, 0.15) is 35.3 Å². The minimum Gasteiger partial charge on any atom is -0.479 e. The molecule has 0 saturated heterocycles. The van der Waals surface area contributed by atoms with Crippen LogP contribution in [0.3, 0.4) is 0 Å². The van der Waals surface area contributed by atoms with Crippen molar-refractivity contribution in [3.05, 3.63) is 71.8 Å². The zero-order valence-electron chi connectivity index (χ0n) is 15.8. The average molecular weight is 384 g/mol. The van der Waals surface area contributed by atoms with Gasteiger partial charge in [-0.1, -0.05) is 48.5 Å². The number of carbonyl (C=O) groups excluding carboxylic acids is 2. The Balaban J connectivity index is 2.17. The molecule has 2 unspecified atom stereocenters. The van der Waals surface area contributed by atoms with Crippen LogP contribution in [0.2, 0.25) is 0 Å². The molecule has 148 valence electrons. The molecule has 0 radical (unpaired) electrons. The molecule has 0 bridgehead atoms. The van der Waals surface area contributed by atoms with Crippen molar-refractivity contribution in [1.82, 2.24) is 10.6 Å². The number of hydrogen-bond donors (Lipinski definition) is 3. The van der Waals surface area contributed by atoms with Gasteiger partial charge in [0.05, 0.1) is 19.1 Å². The summed E-state index contributed by atoms with van der Waals surface area (Å²) in [6, 6.07) is 17.1. The number of nitrogens with one attached hydrogen (secondary N) is 2. The fourth-order valence-corrected chi connectivity index (χ4v) is 2.75. The first-order chi connectivity index (χ1) is 13.4. The summed E-state index contributed by atoms with van der Waals surface area (Å²) in [5, 5.41) is 14.7. The fraction of sp³-hybridized carbons (Fsp3) is 0.286. The Labute approximate surface area is 163 Å². The fourth-order valence-electron chi connectivity index (χ4n) is 2.75. The second kappa shape index (κ2) is 9.66. The van der Waals surface area contributed by atoms with Crippen LogP contribution in [-0.4, -0.2) is 42.1 Å². The summed E-state index contributed by atoms with van der Waals surface area (Å²) >= 11 is 0. The molecule has 0 aliphatic heterocycles. The topological polar surface area (TPSA) is 105 Å². The molecule has 3 N–H and O–H groups in total. The molecule has 2 atom stereocenters. The van der Waals surface area contributed by atoms with Crippen LogP contribution in [0.5, 0.6) is 0 Å². The maximum absolute atomic E-state index is 12.6. The lowest BCUT2D eigenvalue weighted by Crippen LogP contribution is -2.55. The molecule has 2 rings (SSSR count). The van der Waals surface area contributed by atoms with Crippen molar-refractivity contribution in [3.8, 4) is 0 Å². The van der Waals surface area contributed by atoms with E-state index in [1.807, 2.05) is 6.07 Å². The van der Waals surface area contributed by atoms with E-state index in [4.69, 9.17) is 4.74 Å². The summed E-state index contributed by atoms with van der Waals surface area (Å²) in [6.07, 6.45) is -0.116. The zero-order valence-corrected chi connectivity index (χ0v) is 15.8. The summed E-state index contributed by atoms with van der Waals surface area (Å²) < 4.78 is 4.92. The van der Waals surface area contributed by atoms with Gasteiger partial charge in [0.1, 0.15) is 0 Å². The Morgan fingerprint density at radius 3 is 2.14 bits per heavy atom. The summed E-state index contributed by atoms with van der Waals surface area (Å²) in [6.45, 7) is 1.19. The van der Waals surface area contributed by atoms with E-state index in [9.17, 15) is 19.5 Å². The van der Waals surface area contributed by atoms with Gasteiger partial charge in [-0.15, -0.1) is 0 Å². The van der Waals surface area contributed by atoms with E-state index in [1.54, 1.807) is 54.6 Å². The highest BCUT2D eigenvalue weighted by atomic mass is 16.5. The molecule has 2 aromatic rings. The summed E-state index contributed by atoms with van der Waals surface area (Å²) in [5.74, 6) is -2.03. The molecule has 0 heterocycles. The predicted octanol–water partition coefficient (Wildman–Crippen LogP) is 2.15. The van der Waals surface area contributed by atoms with E-state index in [0.29, 0.717) is 5.56 Å². The number of aliphatic carboxylic acids is 1. The van der Waals surface area contributed by atoms with Crippen molar-refractivity contribution >= 4 is 17.8 Å². The van der Waals surface area contributed by atoms with Crippen LogP contribution in [0.15, 0.2) is 60.7 Å². The number of carboxylic acid groups (broad SMARTS) is 1. The highest BCUT2D eigenvalue weighted by Gasteiger charge is 2.35. The summed E-state index contributed by atoms with van der Waals surface area (Å²) in [7, 11) is 1.36. The summed E-state index contributed by atoms with van der Waals surface area (Å²) in [4.78, 5) is 36.6. The minimum atomic E-state index is -1.56. The molecule has 0 aliphatic rings. The highest BCUT2D eigenvalue weighted by Crippen LogP contribution is 2.18. The number of methoxy groups -OCH3 is 1. The van der Waals surface area contributed by atoms with Crippen molar-refractivity contribution in [3.63, 3.8) is 0 Å². The first-order valence-corrected chi connectivity index (χ1v) is 8.80.